The molecular formula is C21H27N3O. The summed E-state index contributed by atoms with van der Waals surface area (Å²) < 4.78 is 5.65. The van der Waals surface area contributed by atoms with Gasteiger partial charge in [-0.1, -0.05) is 36.4 Å². The monoisotopic (exact) mass is 337 g/mol. The van der Waals surface area contributed by atoms with E-state index in [0.29, 0.717) is 12.0 Å². The SMILES string of the molecule is CCNC(=NCc1ccc2ccccc2c1)N1CCC2(CCOC2)C1. The molecule has 2 aromatic carbocycles. The summed E-state index contributed by atoms with van der Waals surface area (Å²) in [5, 5.41) is 6.04. The van der Waals surface area contributed by atoms with Crippen LogP contribution in [0.3, 0.4) is 0 Å². The number of fused-ring (bicyclic) bond motifs is 1. The molecule has 0 saturated carbocycles. The van der Waals surface area contributed by atoms with Crippen LogP contribution in [-0.2, 0) is 11.3 Å². The Labute approximate surface area is 149 Å². The van der Waals surface area contributed by atoms with Crippen LogP contribution in [0.25, 0.3) is 10.8 Å². The third-order valence-electron chi connectivity index (χ3n) is 5.48. The molecule has 25 heavy (non-hydrogen) atoms. The van der Waals surface area contributed by atoms with Crippen molar-refractivity contribution in [3.05, 3.63) is 48.0 Å². The highest BCUT2D eigenvalue weighted by Crippen LogP contribution is 2.38. The number of guanidine groups is 1. The molecule has 0 bridgehead atoms. The zero-order valence-corrected chi connectivity index (χ0v) is 15.0. The first kappa shape index (κ1) is 16.4. The first-order valence-electron chi connectivity index (χ1n) is 9.37. The Bertz CT molecular complexity index is 765. The van der Waals surface area contributed by atoms with Crippen LogP contribution in [-0.4, -0.2) is 43.7 Å². The van der Waals surface area contributed by atoms with Crippen molar-refractivity contribution >= 4 is 16.7 Å². The third-order valence-corrected chi connectivity index (χ3v) is 5.48. The van der Waals surface area contributed by atoms with Crippen molar-refractivity contribution < 1.29 is 4.74 Å². The molecule has 0 radical (unpaired) electrons. The molecule has 2 heterocycles. The normalized spacial score (nSPS) is 23.7. The van der Waals surface area contributed by atoms with E-state index in [-0.39, 0.29) is 0 Å². The van der Waals surface area contributed by atoms with Crippen molar-refractivity contribution in [2.75, 3.05) is 32.8 Å². The lowest BCUT2D eigenvalue weighted by molar-refractivity contribution is 0.156. The van der Waals surface area contributed by atoms with Crippen LogP contribution < -0.4 is 5.32 Å². The van der Waals surface area contributed by atoms with Crippen molar-refractivity contribution in [2.24, 2.45) is 10.4 Å². The van der Waals surface area contributed by atoms with Crippen molar-refractivity contribution in [3.8, 4) is 0 Å². The summed E-state index contributed by atoms with van der Waals surface area (Å²) in [5.41, 5.74) is 1.62. The Morgan fingerprint density at radius 3 is 2.88 bits per heavy atom. The molecule has 2 aliphatic rings. The van der Waals surface area contributed by atoms with Crippen LogP contribution in [0.2, 0.25) is 0 Å². The highest BCUT2D eigenvalue weighted by atomic mass is 16.5. The van der Waals surface area contributed by atoms with E-state index in [2.05, 4.69) is 59.6 Å². The van der Waals surface area contributed by atoms with E-state index >= 15 is 0 Å². The molecule has 2 saturated heterocycles. The van der Waals surface area contributed by atoms with Gasteiger partial charge >= 0.3 is 0 Å². The molecule has 132 valence electrons. The maximum absolute atomic E-state index is 5.65. The van der Waals surface area contributed by atoms with Gasteiger partial charge in [-0.05, 0) is 42.2 Å². The molecule has 4 rings (SSSR count). The van der Waals surface area contributed by atoms with Gasteiger partial charge in [0.05, 0.1) is 13.2 Å². The van der Waals surface area contributed by atoms with Crippen molar-refractivity contribution in [3.63, 3.8) is 0 Å². The van der Waals surface area contributed by atoms with Crippen LogP contribution in [0.15, 0.2) is 47.5 Å². The fourth-order valence-electron chi connectivity index (χ4n) is 4.02. The van der Waals surface area contributed by atoms with Gasteiger partial charge in [0.2, 0.25) is 0 Å². The highest BCUT2D eigenvalue weighted by Gasteiger charge is 2.42. The molecule has 4 heteroatoms. The highest BCUT2D eigenvalue weighted by molar-refractivity contribution is 5.83. The summed E-state index contributed by atoms with van der Waals surface area (Å²) >= 11 is 0. The van der Waals surface area contributed by atoms with Crippen LogP contribution in [0.4, 0.5) is 0 Å². The standard InChI is InChI=1S/C21H27N3O/c1-2-22-20(24-11-9-21(15-24)10-12-25-16-21)23-14-17-7-8-18-5-3-4-6-19(18)13-17/h3-8,13H,2,9-12,14-16H2,1H3,(H,22,23). The second-order valence-electron chi connectivity index (χ2n) is 7.33. The Kier molecular flexibility index (Phi) is 4.62. The molecule has 0 amide bonds. The molecule has 1 unspecified atom stereocenters. The molecule has 0 aliphatic carbocycles. The number of hydrogen-bond acceptors (Lipinski definition) is 2. The van der Waals surface area contributed by atoms with Gasteiger partial charge in [-0.25, -0.2) is 4.99 Å². The fraction of sp³-hybridized carbons (Fsp3) is 0.476. The average Bonchev–Trinajstić information content (AvgIpc) is 3.28. The van der Waals surface area contributed by atoms with Gasteiger partial charge < -0.3 is 15.0 Å². The smallest absolute Gasteiger partial charge is 0.194 e. The number of rotatable bonds is 3. The predicted molar refractivity (Wildman–Crippen MR) is 103 cm³/mol. The molecule has 2 aliphatic heterocycles. The number of nitrogens with one attached hydrogen (secondary N) is 1. The zero-order chi connectivity index (χ0) is 17.1. The summed E-state index contributed by atoms with van der Waals surface area (Å²) in [5.74, 6) is 1.04. The molecule has 0 aromatic heterocycles. The lowest BCUT2D eigenvalue weighted by atomic mass is 9.87. The second-order valence-corrected chi connectivity index (χ2v) is 7.33. The number of ether oxygens (including phenoxy) is 1. The summed E-state index contributed by atoms with van der Waals surface area (Å²) in [6, 6.07) is 15.1. The Balaban J connectivity index is 1.49. The lowest BCUT2D eigenvalue weighted by Gasteiger charge is -2.25. The molecular weight excluding hydrogens is 310 g/mol. The summed E-state index contributed by atoms with van der Waals surface area (Å²) in [6.45, 7) is 7.72. The van der Waals surface area contributed by atoms with E-state index in [0.717, 1.165) is 38.8 Å². The van der Waals surface area contributed by atoms with E-state index in [1.54, 1.807) is 0 Å². The summed E-state index contributed by atoms with van der Waals surface area (Å²) in [6.07, 6.45) is 2.40. The van der Waals surface area contributed by atoms with Gasteiger partial charge in [0.1, 0.15) is 0 Å². The van der Waals surface area contributed by atoms with Gasteiger partial charge in [-0.2, -0.15) is 0 Å². The number of nitrogens with zero attached hydrogens (tertiary/aromatic N) is 2. The van der Waals surface area contributed by atoms with Crippen LogP contribution in [0.1, 0.15) is 25.3 Å². The van der Waals surface area contributed by atoms with E-state index in [1.165, 1.54) is 29.2 Å². The first-order chi connectivity index (χ1) is 12.3. The number of benzene rings is 2. The molecule has 4 nitrogen and oxygen atoms in total. The predicted octanol–water partition coefficient (Wildman–Crippen LogP) is 3.42. The lowest BCUT2D eigenvalue weighted by Crippen LogP contribution is -2.41. The maximum Gasteiger partial charge on any atom is 0.194 e. The minimum Gasteiger partial charge on any atom is -0.381 e. The quantitative estimate of drug-likeness (QED) is 0.689. The van der Waals surface area contributed by atoms with Gasteiger partial charge in [-0.3, -0.25) is 0 Å². The minimum atomic E-state index is 0.360. The molecule has 1 atom stereocenters. The van der Waals surface area contributed by atoms with Gasteiger partial charge in [0.15, 0.2) is 5.96 Å². The summed E-state index contributed by atoms with van der Waals surface area (Å²) in [7, 11) is 0. The van der Waals surface area contributed by atoms with E-state index in [4.69, 9.17) is 9.73 Å². The van der Waals surface area contributed by atoms with E-state index < -0.39 is 0 Å². The van der Waals surface area contributed by atoms with Crippen molar-refractivity contribution in [2.45, 2.75) is 26.3 Å². The summed E-state index contributed by atoms with van der Waals surface area (Å²) in [4.78, 5) is 7.33. The number of likely N-dealkylation sites (tertiary alicyclic amines) is 1. The Morgan fingerprint density at radius 1 is 1.20 bits per heavy atom. The minimum absolute atomic E-state index is 0.360. The van der Waals surface area contributed by atoms with Crippen LogP contribution in [0, 0.1) is 5.41 Å². The number of aliphatic imine (C=N–C) groups is 1. The molecule has 2 aromatic rings. The first-order valence-corrected chi connectivity index (χ1v) is 9.37. The topological polar surface area (TPSA) is 36.9 Å². The average molecular weight is 337 g/mol. The fourth-order valence-corrected chi connectivity index (χ4v) is 4.02. The molecule has 1 spiro atoms. The third kappa shape index (κ3) is 3.49. The van der Waals surface area contributed by atoms with E-state index in [9.17, 15) is 0 Å². The maximum atomic E-state index is 5.65. The second kappa shape index (κ2) is 7.04. The Hall–Kier alpha value is -2.07. The van der Waals surface area contributed by atoms with Crippen LogP contribution >= 0.6 is 0 Å². The largest absolute Gasteiger partial charge is 0.381 e. The van der Waals surface area contributed by atoms with Crippen molar-refractivity contribution in [1.29, 1.82) is 0 Å². The van der Waals surface area contributed by atoms with Gasteiger partial charge in [0.25, 0.3) is 0 Å². The van der Waals surface area contributed by atoms with Crippen LogP contribution in [0.5, 0.6) is 0 Å². The zero-order valence-electron chi connectivity index (χ0n) is 15.0. The van der Waals surface area contributed by atoms with Crippen molar-refractivity contribution in [1.82, 2.24) is 10.2 Å². The molecule has 1 N–H and O–H groups in total. The molecule has 2 fully saturated rings. The number of hydrogen-bond donors (Lipinski definition) is 1. The van der Waals surface area contributed by atoms with E-state index in [1.807, 2.05) is 0 Å². The van der Waals surface area contributed by atoms with Gasteiger partial charge in [0, 0.05) is 31.7 Å². The Morgan fingerprint density at radius 2 is 2.08 bits per heavy atom. The van der Waals surface area contributed by atoms with Gasteiger partial charge in [-0.15, -0.1) is 0 Å².